The van der Waals surface area contributed by atoms with Gasteiger partial charge in [0.25, 0.3) is 11.6 Å². The molecule has 1 unspecified atom stereocenters. The van der Waals surface area contributed by atoms with E-state index in [2.05, 4.69) is 5.32 Å². The number of carbonyl (C=O) groups excluding carboxylic acids is 1. The van der Waals surface area contributed by atoms with Crippen LogP contribution in [0.25, 0.3) is 0 Å². The summed E-state index contributed by atoms with van der Waals surface area (Å²) in [5.41, 5.74) is -0.674. The number of halogens is 1. The predicted molar refractivity (Wildman–Crippen MR) is 68.5 cm³/mol. The van der Waals surface area contributed by atoms with Gasteiger partial charge in [0.15, 0.2) is 0 Å². The summed E-state index contributed by atoms with van der Waals surface area (Å²) in [7, 11) is 3.70. The van der Waals surface area contributed by atoms with E-state index in [1.54, 1.807) is 0 Å². The number of nitrogens with one attached hydrogen (secondary N) is 1. The lowest BCUT2D eigenvalue weighted by Crippen LogP contribution is -2.38. The number of likely N-dealkylation sites (N-methyl/N-ethyl adjacent to an activating group) is 1. The smallest absolute Gasteiger partial charge is 0.282 e. The summed E-state index contributed by atoms with van der Waals surface area (Å²) in [4.78, 5) is 23.8. The third kappa shape index (κ3) is 3.99. The van der Waals surface area contributed by atoms with Crippen molar-refractivity contribution in [3.05, 3.63) is 39.7 Å². The highest BCUT2D eigenvalue weighted by Gasteiger charge is 2.21. The first kappa shape index (κ1) is 15.0. The minimum atomic E-state index is -0.705. The summed E-state index contributed by atoms with van der Waals surface area (Å²) in [5.74, 6) is -1.34. The number of nitrogens with zero attached hydrogens (tertiary/aromatic N) is 2. The third-order valence-electron chi connectivity index (χ3n) is 2.84. The second-order valence-corrected chi connectivity index (χ2v) is 4.44. The molecule has 0 radical (unpaired) electrons. The quantitative estimate of drug-likeness (QED) is 0.648. The second-order valence-electron chi connectivity index (χ2n) is 4.44. The van der Waals surface area contributed by atoms with Gasteiger partial charge in [-0.2, -0.15) is 0 Å². The van der Waals surface area contributed by atoms with Gasteiger partial charge in [-0.15, -0.1) is 0 Å². The summed E-state index contributed by atoms with van der Waals surface area (Å²) >= 11 is 0. The Hall–Kier alpha value is -2.02. The average Bonchev–Trinajstić information content (AvgIpc) is 2.34. The molecule has 0 aliphatic rings. The number of hydrogen-bond acceptors (Lipinski definition) is 4. The number of hydrogen-bond donors (Lipinski definition) is 1. The Balaban J connectivity index is 2.87. The van der Waals surface area contributed by atoms with Crippen molar-refractivity contribution in [3.63, 3.8) is 0 Å². The average molecular weight is 269 g/mol. The van der Waals surface area contributed by atoms with E-state index in [9.17, 15) is 19.3 Å². The van der Waals surface area contributed by atoms with Gasteiger partial charge in [-0.3, -0.25) is 14.9 Å². The molecule has 0 saturated heterocycles. The van der Waals surface area contributed by atoms with Gasteiger partial charge in [-0.05, 0) is 33.2 Å². The van der Waals surface area contributed by atoms with Gasteiger partial charge in [-0.1, -0.05) is 0 Å². The Morgan fingerprint density at radius 3 is 2.68 bits per heavy atom. The van der Waals surface area contributed by atoms with Crippen LogP contribution in [0, 0.1) is 15.9 Å². The summed E-state index contributed by atoms with van der Waals surface area (Å²) in [6.07, 6.45) is 0. The summed E-state index contributed by atoms with van der Waals surface area (Å²) in [6.45, 7) is 2.21. The molecule has 0 saturated carbocycles. The first-order chi connectivity index (χ1) is 8.82. The molecule has 0 aliphatic carbocycles. The molecule has 0 heterocycles. The topological polar surface area (TPSA) is 75.5 Å². The van der Waals surface area contributed by atoms with E-state index in [-0.39, 0.29) is 11.6 Å². The van der Waals surface area contributed by atoms with Crippen LogP contribution < -0.4 is 5.32 Å². The van der Waals surface area contributed by atoms with Crippen LogP contribution in [0.4, 0.5) is 10.1 Å². The highest BCUT2D eigenvalue weighted by Crippen LogP contribution is 2.19. The van der Waals surface area contributed by atoms with Gasteiger partial charge in [0.1, 0.15) is 11.4 Å². The fourth-order valence-corrected chi connectivity index (χ4v) is 1.37. The van der Waals surface area contributed by atoms with Crippen LogP contribution in [-0.2, 0) is 0 Å². The van der Waals surface area contributed by atoms with Crippen molar-refractivity contribution in [2.45, 2.75) is 13.0 Å². The summed E-state index contributed by atoms with van der Waals surface area (Å²) in [5, 5.41) is 13.3. The van der Waals surface area contributed by atoms with Crippen LogP contribution in [0.1, 0.15) is 17.3 Å². The number of nitro groups is 1. The van der Waals surface area contributed by atoms with Gasteiger partial charge in [-0.25, -0.2) is 4.39 Å². The van der Waals surface area contributed by atoms with E-state index < -0.39 is 22.3 Å². The number of amides is 1. The lowest BCUT2D eigenvalue weighted by Gasteiger charge is -2.19. The molecule has 1 aromatic rings. The van der Waals surface area contributed by atoms with Crippen molar-refractivity contribution < 1.29 is 14.1 Å². The van der Waals surface area contributed by atoms with Gasteiger partial charge in [0.2, 0.25) is 0 Å². The maximum absolute atomic E-state index is 13.1. The first-order valence-corrected chi connectivity index (χ1v) is 5.71. The maximum Gasteiger partial charge on any atom is 0.282 e. The highest BCUT2D eigenvalue weighted by atomic mass is 19.1. The number of nitro benzene ring substituents is 1. The largest absolute Gasteiger partial charge is 0.350 e. The molecule has 6 nitrogen and oxygen atoms in total. The molecular weight excluding hydrogens is 253 g/mol. The molecule has 1 aromatic carbocycles. The number of benzene rings is 1. The van der Waals surface area contributed by atoms with E-state index >= 15 is 0 Å². The SMILES string of the molecule is CC(CNC(=O)c1cc(F)ccc1[N+](=O)[O-])N(C)C. The molecule has 0 spiro atoms. The maximum atomic E-state index is 13.1. The zero-order valence-electron chi connectivity index (χ0n) is 11.0. The van der Waals surface area contributed by atoms with Crippen molar-refractivity contribution in [1.82, 2.24) is 10.2 Å². The molecule has 1 rings (SSSR count). The monoisotopic (exact) mass is 269 g/mol. The van der Waals surface area contributed by atoms with Crippen LogP contribution in [-0.4, -0.2) is 42.4 Å². The zero-order chi connectivity index (χ0) is 14.6. The van der Waals surface area contributed by atoms with Crippen LogP contribution >= 0.6 is 0 Å². The minimum Gasteiger partial charge on any atom is -0.350 e. The second kappa shape index (κ2) is 6.24. The Morgan fingerprint density at radius 1 is 1.53 bits per heavy atom. The number of carbonyl (C=O) groups is 1. The van der Waals surface area contributed by atoms with Crippen molar-refractivity contribution in [1.29, 1.82) is 0 Å². The van der Waals surface area contributed by atoms with Crippen molar-refractivity contribution in [2.75, 3.05) is 20.6 Å². The number of rotatable bonds is 5. The van der Waals surface area contributed by atoms with Crippen LogP contribution in [0.5, 0.6) is 0 Å². The zero-order valence-corrected chi connectivity index (χ0v) is 11.0. The van der Waals surface area contributed by atoms with Crippen LogP contribution in [0.15, 0.2) is 18.2 Å². The van der Waals surface area contributed by atoms with E-state index in [1.807, 2.05) is 25.9 Å². The van der Waals surface area contributed by atoms with E-state index in [0.717, 1.165) is 18.2 Å². The molecular formula is C12H16FN3O3. The van der Waals surface area contributed by atoms with Crippen molar-refractivity contribution in [2.24, 2.45) is 0 Å². The molecule has 0 aliphatic heterocycles. The molecule has 19 heavy (non-hydrogen) atoms. The molecule has 1 atom stereocenters. The normalized spacial score (nSPS) is 12.3. The molecule has 0 bridgehead atoms. The lowest BCUT2D eigenvalue weighted by molar-refractivity contribution is -0.385. The molecule has 7 heteroatoms. The third-order valence-corrected chi connectivity index (χ3v) is 2.84. The lowest BCUT2D eigenvalue weighted by atomic mass is 10.1. The van der Waals surface area contributed by atoms with Crippen molar-refractivity contribution >= 4 is 11.6 Å². The first-order valence-electron chi connectivity index (χ1n) is 5.71. The highest BCUT2D eigenvalue weighted by molar-refractivity contribution is 5.98. The molecule has 1 amide bonds. The van der Waals surface area contributed by atoms with Crippen LogP contribution in [0.2, 0.25) is 0 Å². The standard InChI is InChI=1S/C12H16FN3O3/c1-8(15(2)3)7-14-12(17)10-6-9(13)4-5-11(10)16(18)19/h4-6,8H,7H2,1-3H3,(H,14,17). The molecule has 1 N–H and O–H groups in total. The summed E-state index contributed by atoms with van der Waals surface area (Å²) < 4.78 is 13.1. The fourth-order valence-electron chi connectivity index (χ4n) is 1.37. The van der Waals surface area contributed by atoms with Gasteiger partial charge < -0.3 is 10.2 Å². The van der Waals surface area contributed by atoms with Gasteiger partial charge >= 0.3 is 0 Å². The van der Waals surface area contributed by atoms with E-state index in [1.165, 1.54) is 0 Å². The molecule has 104 valence electrons. The Morgan fingerprint density at radius 2 is 2.16 bits per heavy atom. The van der Waals surface area contributed by atoms with E-state index in [0.29, 0.717) is 6.54 Å². The fraction of sp³-hybridized carbons (Fsp3) is 0.417. The molecule has 0 fully saturated rings. The van der Waals surface area contributed by atoms with Gasteiger partial charge in [0, 0.05) is 18.7 Å². The molecule has 0 aromatic heterocycles. The van der Waals surface area contributed by atoms with Gasteiger partial charge in [0.05, 0.1) is 4.92 Å². The predicted octanol–water partition coefficient (Wildman–Crippen LogP) is 1.41. The Kier molecular flexibility index (Phi) is 4.94. The Labute approximate surface area is 110 Å². The van der Waals surface area contributed by atoms with Crippen LogP contribution in [0.3, 0.4) is 0 Å². The Bertz CT molecular complexity index is 491. The van der Waals surface area contributed by atoms with Crippen molar-refractivity contribution in [3.8, 4) is 0 Å². The van der Waals surface area contributed by atoms with E-state index in [4.69, 9.17) is 0 Å². The summed E-state index contributed by atoms with van der Waals surface area (Å²) in [6, 6.07) is 2.88. The minimum absolute atomic E-state index is 0.0663.